The Morgan fingerprint density at radius 2 is 1.37 bits per heavy atom. The Morgan fingerprint density at radius 3 is 1.87 bits per heavy atom. The molecule has 1 rings (SSSR count). The Labute approximate surface area is 226 Å². The van der Waals surface area contributed by atoms with Crippen molar-refractivity contribution in [2.45, 2.75) is 0 Å². The summed E-state index contributed by atoms with van der Waals surface area (Å²) in [7, 11) is 0. The number of thiol groups is 1. The summed E-state index contributed by atoms with van der Waals surface area (Å²) in [6.45, 7) is 3.02. The van der Waals surface area contributed by atoms with Gasteiger partial charge in [0.05, 0.1) is 52.9 Å². The Balaban J connectivity index is 2.58. The minimum atomic E-state index is -0.556. The summed E-state index contributed by atoms with van der Waals surface area (Å²) in [5.41, 5.74) is 8.71. The Morgan fingerprint density at radius 1 is 0.842 bits per heavy atom. The predicted molar refractivity (Wildman–Crippen MR) is 141 cm³/mol. The average molecular weight is 558 g/mol. The van der Waals surface area contributed by atoms with E-state index < -0.39 is 24.3 Å². The lowest BCUT2D eigenvalue weighted by molar-refractivity contribution is -0.120. The van der Waals surface area contributed by atoms with Crippen LogP contribution in [0.15, 0.2) is 23.3 Å². The van der Waals surface area contributed by atoms with Gasteiger partial charge in [-0.1, -0.05) is 5.11 Å². The van der Waals surface area contributed by atoms with Crippen molar-refractivity contribution < 1.29 is 38.2 Å². The first-order valence-corrected chi connectivity index (χ1v) is 12.4. The molecule has 0 aliphatic heterocycles. The van der Waals surface area contributed by atoms with Crippen LogP contribution in [0.3, 0.4) is 0 Å². The van der Waals surface area contributed by atoms with Crippen LogP contribution in [-0.4, -0.2) is 103 Å². The molecule has 0 unspecified atom stereocenters. The zero-order valence-electron chi connectivity index (χ0n) is 21.1. The lowest BCUT2D eigenvalue weighted by atomic mass is 10.1. The molecule has 0 saturated carbocycles. The monoisotopic (exact) mass is 557 g/mol. The second-order valence-corrected chi connectivity index (χ2v) is 7.74. The normalized spacial score (nSPS) is 10.5. The molecule has 0 aromatic heterocycles. The van der Waals surface area contributed by atoms with E-state index in [1.165, 1.54) is 18.2 Å². The van der Waals surface area contributed by atoms with Crippen LogP contribution in [0, 0.1) is 0 Å². The highest BCUT2D eigenvalue weighted by Gasteiger charge is 2.14. The number of rotatable bonds is 22. The van der Waals surface area contributed by atoms with E-state index in [-0.39, 0.29) is 49.7 Å². The van der Waals surface area contributed by atoms with Gasteiger partial charge in [-0.25, -0.2) is 5.90 Å². The van der Waals surface area contributed by atoms with Gasteiger partial charge < -0.3 is 34.9 Å². The van der Waals surface area contributed by atoms with Gasteiger partial charge in [-0.3, -0.25) is 19.2 Å². The van der Waals surface area contributed by atoms with Crippen LogP contribution >= 0.6 is 12.6 Å². The van der Waals surface area contributed by atoms with Gasteiger partial charge in [-0.2, -0.15) is 12.6 Å². The molecule has 15 nitrogen and oxygen atoms in total. The van der Waals surface area contributed by atoms with Crippen LogP contribution in [0.2, 0.25) is 0 Å². The van der Waals surface area contributed by atoms with Crippen LogP contribution in [-0.2, 0) is 28.6 Å². The van der Waals surface area contributed by atoms with Crippen LogP contribution in [0.25, 0.3) is 10.4 Å². The maximum atomic E-state index is 12.7. The molecule has 0 radical (unpaired) electrons. The highest BCUT2D eigenvalue weighted by Crippen LogP contribution is 2.16. The van der Waals surface area contributed by atoms with Gasteiger partial charge in [-0.05, 0) is 23.7 Å². The number of benzene rings is 1. The van der Waals surface area contributed by atoms with E-state index in [4.69, 9.17) is 30.4 Å². The van der Waals surface area contributed by atoms with E-state index in [0.29, 0.717) is 45.4 Å². The molecule has 0 spiro atoms. The Hall–Kier alpha value is -2.95. The lowest BCUT2D eigenvalue weighted by Gasteiger charge is -2.12. The van der Waals surface area contributed by atoms with Gasteiger partial charge in [0, 0.05) is 47.1 Å². The number of ether oxygens (including phenoxy) is 4. The predicted octanol–water partition coefficient (Wildman–Crippen LogP) is 0.282. The third-order valence-corrected chi connectivity index (χ3v) is 4.58. The summed E-state index contributed by atoms with van der Waals surface area (Å²) < 4.78 is 21.2. The summed E-state index contributed by atoms with van der Waals surface area (Å²) in [5, 5.41) is 11.3. The number of carbonyl (C=O) groups excluding carboxylic acids is 3. The van der Waals surface area contributed by atoms with Crippen molar-refractivity contribution >= 4 is 36.0 Å². The quantitative estimate of drug-likeness (QED) is 0.0331. The van der Waals surface area contributed by atoms with Crippen molar-refractivity contribution in [2.24, 2.45) is 11.0 Å². The topological polar surface area (TPSA) is 208 Å². The van der Waals surface area contributed by atoms with Gasteiger partial charge in [0.15, 0.2) is 0 Å². The number of hydrogen-bond acceptors (Lipinski definition) is 11. The first kappa shape index (κ1) is 33.1. The second-order valence-electron chi connectivity index (χ2n) is 7.30. The van der Waals surface area contributed by atoms with Crippen molar-refractivity contribution in [3.05, 3.63) is 39.8 Å². The summed E-state index contributed by atoms with van der Waals surface area (Å²) in [6, 6.07) is 4.26. The van der Waals surface area contributed by atoms with Crippen molar-refractivity contribution in [3.63, 3.8) is 0 Å². The average Bonchev–Trinajstić information content (AvgIpc) is 2.90. The van der Waals surface area contributed by atoms with Gasteiger partial charge >= 0.3 is 0 Å². The molecule has 0 saturated heterocycles. The summed E-state index contributed by atoms with van der Waals surface area (Å²) in [5.74, 6) is 4.08. The highest BCUT2D eigenvalue weighted by atomic mass is 32.1. The number of nitrogens with two attached hydrogens (primary N) is 1. The molecule has 5 N–H and O–H groups in total. The Kier molecular flexibility index (Phi) is 19.2. The number of hydrogen-bond donors (Lipinski definition) is 5. The van der Waals surface area contributed by atoms with Crippen molar-refractivity contribution in [1.29, 1.82) is 0 Å². The fraction of sp³-hybridized carbons (Fsp3) is 0.591. The van der Waals surface area contributed by atoms with Crippen LogP contribution in [0.1, 0.15) is 20.7 Å². The number of nitrogens with zero attached hydrogens (tertiary/aromatic N) is 3. The van der Waals surface area contributed by atoms with E-state index in [1.54, 1.807) is 0 Å². The number of azide groups is 1. The summed E-state index contributed by atoms with van der Waals surface area (Å²) in [6.07, 6.45) is 0. The molecule has 0 heterocycles. The van der Waals surface area contributed by atoms with Crippen molar-refractivity contribution in [2.75, 3.05) is 90.2 Å². The molecule has 16 heteroatoms. The largest absolute Gasteiger partial charge is 0.379 e. The first-order chi connectivity index (χ1) is 18.5. The molecule has 0 fully saturated rings. The highest BCUT2D eigenvalue weighted by molar-refractivity contribution is 7.80. The number of carbonyl (C=O) groups is 3. The van der Waals surface area contributed by atoms with Gasteiger partial charge in [0.2, 0.25) is 0 Å². The van der Waals surface area contributed by atoms with Crippen LogP contribution in [0.5, 0.6) is 0 Å². The molecule has 38 heavy (non-hydrogen) atoms. The smallest absolute Gasteiger partial charge is 0.252 e. The number of anilines is 1. The first-order valence-electron chi connectivity index (χ1n) is 11.8. The van der Waals surface area contributed by atoms with E-state index in [2.05, 4.69) is 43.4 Å². The molecule has 0 atom stereocenters. The second kappa shape index (κ2) is 22.1. The zero-order chi connectivity index (χ0) is 27.8. The number of nitrogens with one attached hydrogen (secondary N) is 3. The molecule has 1 aromatic carbocycles. The van der Waals surface area contributed by atoms with Crippen LogP contribution < -0.4 is 21.8 Å². The summed E-state index contributed by atoms with van der Waals surface area (Å²) >= 11 is 4.04. The third-order valence-electron chi connectivity index (χ3n) is 4.40. The van der Waals surface area contributed by atoms with Crippen LogP contribution in [0.4, 0.5) is 5.69 Å². The van der Waals surface area contributed by atoms with Crippen molar-refractivity contribution in [3.8, 4) is 0 Å². The molecule has 0 aliphatic rings. The van der Waals surface area contributed by atoms with E-state index in [1.807, 2.05) is 0 Å². The zero-order valence-corrected chi connectivity index (χ0v) is 22.0. The van der Waals surface area contributed by atoms with Crippen molar-refractivity contribution in [1.82, 2.24) is 10.6 Å². The molecule has 0 aliphatic carbocycles. The molecule has 3 amide bonds. The fourth-order valence-corrected chi connectivity index (χ4v) is 2.90. The Bertz CT molecular complexity index is 902. The molecule has 212 valence electrons. The summed E-state index contributed by atoms with van der Waals surface area (Å²) in [4.78, 5) is 44.1. The SMILES string of the molecule is [N-]=[N+]=NCCOCCOCCNC(=O)c1cc(NC(=O)CON)cc(C(=O)NCCOCCOCCS)c1. The maximum Gasteiger partial charge on any atom is 0.252 e. The van der Waals surface area contributed by atoms with E-state index >= 15 is 0 Å². The molecule has 1 aromatic rings. The number of amides is 3. The minimum Gasteiger partial charge on any atom is -0.379 e. The van der Waals surface area contributed by atoms with E-state index in [0.717, 1.165) is 0 Å². The molecule has 0 bridgehead atoms. The van der Waals surface area contributed by atoms with Gasteiger partial charge in [0.1, 0.15) is 6.61 Å². The molecular weight excluding hydrogens is 522 g/mol. The molecular formula is C22H35N7O8S. The minimum absolute atomic E-state index is 0.153. The van der Waals surface area contributed by atoms with E-state index in [9.17, 15) is 14.4 Å². The third kappa shape index (κ3) is 16.0. The van der Waals surface area contributed by atoms with Gasteiger partial charge in [-0.15, -0.1) is 0 Å². The maximum absolute atomic E-state index is 12.7. The standard InChI is InChI=1S/C22H35N7O8S/c23-29-27-3-6-35-8-7-33-4-1-25-21(31)17-13-18(15-19(14-17)28-20(30)16-37-24)22(32)26-2-5-34-9-10-36-11-12-38/h13-15,38H,1-12,16,24H2,(H,25,31)(H,26,32)(H,28,30). The fourth-order valence-electron chi connectivity index (χ4n) is 2.77. The lowest BCUT2D eigenvalue weighted by Crippen LogP contribution is -2.30. The van der Waals surface area contributed by atoms with Gasteiger partial charge in [0.25, 0.3) is 17.7 Å².